The van der Waals surface area contributed by atoms with Gasteiger partial charge in [-0.2, -0.15) is 0 Å². The molecule has 0 aliphatic rings. The number of carbonyl (C=O) groups is 1. The van der Waals surface area contributed by atoms with Crippen LogP contribution in [-0.4, -0.2) is 21.8 Å². The molecule has 0 atom stereocenters. The van der Waals surface area contributed by atoms with Crippen molar-refractivity contribution in [1.82, 2.24) is 4.98 Å². The van der Waals surface area contributed by atoms with E-state index in [-0.39, 0.29) is 0 Å². The van der Waals surface area contributed by atoms with Crippen molar-refractivity contribution < 1.29 is 9.90 Å². The highest BCUT2D eigenvalue weighted by atomic mass is 32.2. The number of rotatable bonds is 6. The van der Waals surface area contributed by atoms with Crippen molar-refractivity contribution in [2.24, 2.45) is 0 Å². The van der Waals surface area contributed by atoms with Gasteiger partial charge in [-0.25, -0.2) is 9.78 Å². The van der Waals surface area contributed by atoms with E-state index >= 15 is 0 Å². The molecule has 1 aromatic heterocycles. The van der Waals surface area contributed by atoms with Gasteiger partial charge in [-0.15, -0.1) is 11.8 Å². The Morgan fingerprint density at radius 1 is 1.32 bits per heavy atom. The number of fused-ring (bicyclic) bond motifs is 1. The fourth-order valence-electron chi connectivity index (χ4n) is 1.88. The number of carboxylic acids is 1. The second-order valence-electron chi connectivity index (χ2n) is 4.39. The van der Waals surface area contributed by atoms with Crippen LogP contribution < -0.4 is 0 Å². The van der Waals surface area contributed by atoms with Crippen LogP contribution in [-0.2, 0) is 0 Å². The third-order valence-corrected chi connectivity index (χ3v) is 3.98. The van der Waals surface area contributed by atoms with Gasteiger partial charge in [0.25, 0.3) is 0 Å². The van der Waals surface area contributed by atoms with E-state index in [2.05, 4.69) is 11.9 Å². The molecule has 0 aliphatic carbocycles. The molecule has 0 saturated carbocycles. The van der Waals surface area contributed by atoms with Crippen LogP contribution in [0.2, 0.25) is 0 Å². The molecule has 0 amide bonds. The number of aromatic carboxylic acids is 1. The van der Waals surface area contributed by atoms with Crippen molar-refractivity contribution in [3.05, 3.63) is 35.9 Å². The van der Waals surface area contributed by atoms with E-state index in [1.54, 1.807) is 6.07 Å². The first kappa shape index (κ1) is 13.9. The van der Waals surface area contributed by atoms with Crippen LogP contribution >= 0.6 is 11.8 Å². The summed E-state index contributed by atoms with van der Waals surface area (Å²) in [6.07, 6.45) is 3.43. The summed E-state index contributed by atoms with van der Waals surface area (Å²) in [5, 5.41) is 10.8. The predicted molar refractivity (Wildman–Crippen MR) is 79.0 cm³/mol. The van der Waals surface area contributed by atoms with Gasteiger partial charge in [-0.1, -0.05) is 38.0 Å². The molecule has 3 nitrogen and oxygen atoms in total. The quantitative estimate of drug-likeness (QED) is 0.633. The lowest BCUT2D eigenvalue weighted by molar-refractivity contribution is 0.0692. The van der Waals surface area contributed by atoms with Gasteiger partial charge in [0.2, 0.25) is 0 Å². The summed E-state index contributed by atoms with van der Waals surface area (Å²) in [7, 11) is 0. The van der Waals surface area contributed by atoms with Gasteiger partial charge < -0.3 is 5.11 Å². The van der Waals surface area contributed by atoms with Gasteiger partial charge in [0, 0.05) is 5.39 Å². The standard InChI is InChI=1S/C15H17NO2S/c1-2-3-6-9-19-14-12(15(17)18)10-11-7-4-5-8-13(11)16-14/h4-5,7-8,10H,2-3,6,9H2,1H3,(H,17,18). The van der Waals surface area contributed by atoms with Gasteiger partial charge >= 0.3 is 5.97 Å². The van der Waals surface area contributed by atoms with Crippen molar-refractivity contribution >= 4 is 28.6 Å². The zero-order valence-electron chi connectivity index (χ0n) is 10.9. The van der Waals surface area contributed by atoms with Gasteiger partial charge in [-0.3, -0.25) is 0 Å². The number of carboxylic acid groups (broad SMARTS) is 1. The van der Waals surface area contributed by atoms with E-state index in [4.69, 9.17) is 0 Å². The maximum Gasteiger partial charge on any atom is 0.338 e. The molecule has 19 heavy (non-hydrogen) atoms. The van der Waals surface area contributed by atoms with Crippen molar-refractivity contribution in [3.63, 3.8) is 0 Å². The van der Waals surface area contributed by atoms with E-state index in [0.717, 1.165) is 29.5 Å². The Bertz CT molecular complexity index is 583. The number of aromatic nitrogens is 1. The summed E-state index contributed by atoms with van der Waals surface area (Å²) in [5.41, 5.74) is 1.16. The predicted octanol–water partition coefficient (Wildman–Crippen LogP) is 4.22. The number of para-hydroxylation sites is 1. The minimum absolute atomic E-state index is 0.306. The molecule has 0 saturated heterocycles. The van der Waals surface area contributed by atoms with Crippen molar-refractivity contribution in [1.29, 1.82) is 0 Å². The Balaban J connectivity index is 2.28. The highest BCUT2D eigenvalue weighted by Gasteiger charge is 2.13. The highest BCUT2D eigenvalue weighted by Crippen LogP contribution is 2.26. The second-order valence-corrected chi connectivity index (χ2v) is 5.48. The summed E-state index contributed by atoms with van der Waals surface area (Å²) < 4.78 is 0. The van der Waals surface area contributed by atoms with Gasteiger partial charge in [0.05, 0.1) is 11.1 Å². The fraction of sp³-hybridized carbons (Fsp3) is 0.333. The lowest BCUT2D eigenvalue weighted by Gasteiger charge is -2.07. The molecule has 4 heteroatoms. The van der Waals surface area contributed by atoms with Crippen LogP contribution in [0.25, 0.3) is 10.9 Å². The zero-order chi connectivity index (χ0) is 13.7. The van der Waals surface area contributed by atoms with Crippen LogP contribution in [0.3, 0.4) is 0 Å². The number of benzene rings is 1. The second kappa shape index (κ2) is 6.57. The molecule has 0 aliphatic heterocycles. The minimum Gasteiger partial charge on any atom is -0.478 e. The Kier molecular flexibility index (Phi) is 4.80. The Morgan fingerprint density at radius 3 is 2.84 bits per heavy atom. The number of hydrogen-bond donors (Lipinski definition) is 1. The van der Waals surface area contributed by atoms with Crippen LogP contribution in [0.1, 0.15) is 36.5 Å². The molecular weight excluding hydrogens is 258 g/mol. The molecule has 0 bridgehead atoms. The van der Waals surface area contributed by atoms with E-state index in [9.17, 15) is 9.90 Å². The zero-order valence-corrected chi connectivity index (χ0v) is 11.7. The maximum atomic E-state index is 11.3. The summed E-state index contributed by atoms with van der Waals surface area (Å²) in [6.45, 7) is 2.15. The fourth-order valence-corrected chi connectivity index (χ4v) is 2.89. The van der Waals surface area contributed by atoms with Gasteiger partial charge in [0.15, 0.2) is 0 Å². The van der Waals surface area contributed by atoms with E-state index in [1.807, 2.05) is 24.3 Å². The molecule has 0 radical (unpaired) electrons. The highest BCUT2D eigenvalue weighted by molar-refractivity contribution is 7.99. The summed E-state index contributed by atoms with van der Waals surface area (Å²) in [5.74, 6) is 0.00988. The normalized spacial score (nSPS) is 10.8. The first-order valence-electron chi connectivity index (χ1n) is 6.48. The minimum atomic E-state index is -0.906. The third kappa shape index (κ3) is 3.47. The van der Waals surface area contributed by atoms with Gasteiger partial charge in [0.1, 0.15) is 5.03 Å². The summed E-state index contributed by atoms with van der Waals surface area (Å²) >= 11 is 1.54. The number of unbranched alkanes of at least 4 members (excludes halogenated alkanes) is 2. The van der Waals surface area contributed by atoms with Crippen molar-refractivity contribution in [3.8, 4) is 0 Å². The van der Waals surface area contributed by atoms with Crippen molar-refractivity contribution in [2.75, 3.05) is 5.75 Å². The number of nitrogens with zero attached hydrogens (tertiary/aromatic N) is 1. The average molecular weight is 275 g/mol. The molecule has 1 heterocycles. The lowest BCUT2D eigenvalue weighted by atomic mass is 10.1. The first-order valence-corrected chi connectivity index (χ1v) is 7.47. The maximum absolute atomic E-state index is 11.3. The van der Waals surface area contributed by atoms with Crippen LogP contribution in [0.5, 0.6) is 0 Å². The smallest absolute Gasteiger partial charge is 0.338 e. The van der Waals surface area contributed by atoms with Crippen LogP contribution in [0.4, 0.5) is 0 Å². The molecule has 2 aromatic rings. The largest absolute Gasteiger partial charge is 0.478 e. The number of pyridine rings is 1. The molecule has 1 N–H and O–H groups in total. The molecule has 100 valence electrons. The first-order chi connectivity index (χ1) is 9.22. The summed E-state index contributed by atoms with van der Waals surface area (Å²) in [4.78, 5) is 15.8. The average Bonchev–Trinajstić information content (AvgIpc) is 2.42. The molecule has 0 spiro atoms. The summed E-state index contributed by atoms with van der Waals surface area (Å²) in [6, 6.07) is 9.33. The lowest BCUT2D eigenvalue weighted by Crippen LogP contribution is -2.01. The molecule has 2 rings (SSSR count). The topological polar surface area (TPSA) is 50.2 Å². The molecule has 0 unspecified atom stereocenters. The Labute approximate surface area is 117 Å². The third-order valence-electron chi connectivity index (χ3n) is 2.91. The Hall–Kier alpha value is -1.55. The molecular formula is C15H17NO2S. The molecule has 0 fully saturated rings. The number of hydrogen-bond acceptors (Lipinski definition) is 3. The SMILES string of the molecule is CCCCCSc1nc2ccccc2cc1C(=O)O. The van der Waals surface area contributed by atoms with Crippen LogP contribution in [0, 0.1) is 0 Å². The van der Waals surface area contributed by atoms with E-state index in [1.165, 1.54) is 18.2 Å². The molecule has 1 aromatic carbocycles. The number of thioether (sulfide) groups is 1. The van der Waals surface area contributed by atoms with Crippen molar-refractivity contribution in [2.45, 2.75) is 31.2 Å². The van der Waals surface area contributed by atoms with E-state index in [0.29, 0.717) is 10.6 Å². The van der Waals surface area contributed by atoms with Crippen LogP contribution in [0.15, 0.2) is 35.4 Å². The monoisotopic (exact) mass is 275 g/mol. The Morgan fingerprint density at radius 2 is 2.11 bits per heavy atom. The van der Waals surface area contributed by atoms with Gasteiger partial charge in [-0.05, 0) is 24.3 Å². The van der Waals surface area contributed by atoms with E-state index < -0.39 is 5.97 Å².